The third-order valence-corrected chi connectivity index (χ3v) is 4.72. The quantitative estimate of drug-likeness (QED) is 0.909. The number of pyridine rings is 1. The van der Waals surface area contributed by atoms with Gasteiger partial charge in [-0.15, -0.1) is 0 Å². The highest BCUT2D eigenvalue weighted by molar-refractivity contribution is 5.95. The second-order valence-corrected chi connectivity index (χ2v) is 6.62. The van der Waals surface area contributed by atoms with Crippen molar-refractivity contribution in [1.82, 2.24) is 9.88 Å². The molecule has 1 aromatic heterocycles. The third kappa shape index (κ3) is 3.82. The molecule has 0 aliphatic carbocycles. The first-order valence-corrected chi connectivity index (χ1v) is 8.74. The Morgan fingerprint density at radius 3 is 2.76 bits per heavy atom. The van der Waals surface area contributed by atoms with E-state index in [2.05, 4.69) is 4.98 Å². The lowest BCUT2D eigenvalue weighted by atomic mass is 10.0. The fraction of sp³-hybridized carbons (Fsp3) is 0.400. The fourth-order valence-corrected chi connectivity index (χ4v) is 3.45. The summed E-state index contributed by atoms with van der Waals surface area (Å²) in [5.41, 5.74) is 9.47. The van der Waals surface area contributed by atoms with Gasteiger partial charge in [-0.3, -0.25) is 9.78 Å². The van der Waals surface area contributed by atoms with Crippen LogP contribution in [0.15, 0.2) is 36.7 Å². The van der Waals surface area contributed by atoms with Gasteiger partial charge < -0.3 is 15.4 Å². The van der Waals surface area contributed by atoms with Crippen molar-refractivity contribution >= 4 is 5.91 Å². The second-order valence-electron chi connectivity index (χ2n) is 6.62. The molecule has 0 saturated carbocycles. The van der Waals surface area contributed by atoms with E-state index in [-0.39, 0.29) is 11.9 Å². The van der Waals surface area contributed by atoms with E-state index in [1.165, 1.54) is 0 Å². The lowest BCUT2D eigenvalue weighted by molar-refractivity contribution is 0.0741. The van der Waals surface area contributed by atoms with E-state index >= 15 is 0 Å². The first-order chi connectivity index (χ1) is 12.1. The number of nitrogens with zero attached hydrogens (tertiary/aromatic N) is 2. The molecule has 5 nitrogen and oxygen atoms in total. The van der Waals surface area contributed by atoms with Crippen molar-refractivity contribution in [3.8, 4) is 5.75 Å². The standard InChI is InChI=1S/C20H25N3O2/c1-14-9-17(20(24)23-8-4-6-18(23)11-21)10-15(2)19(14)25-13-16-5-3-7-22-12-16/h3,5,7,9-10,12,18H,4,6,8,11,13,21H2,1-2H3/t18-/m0/s1. The predicted octanol–water partition coefficient (Wildman–Crippen LogP) is 2.84. The van der Waals surface area contributed by atoms with Gasteiger partial charge in [0.05, 0.1) is 0 Å². The monoisotopic (exact) mass is 339 g/mol. The van der Waals surface area contributed by atoms with Gasteiger partial charge in [-0.05, 0) is 56.0 Å². The summed E-state index contributed by atoms with van der Waals surface area (Å²) in [5, 5.41) is 0. The smallest absolute Gasteiger partial charge is 0.254 e. The number of rotatable bonds is 5. The van der Waals surface area contributed by atoms with Crippen molar-refractivity contribution < 1.29 is 9.53 Å². The van der Waals surface area contributed by atoms with Crippen molar-refractivity contribution in [2.45, 2.75) is 39.3 Å². The molecule has 132 valence electrons. The highest BCUT2D eigenvalue weighted by atomic mass is 16.5. The molecule has 2 heterocycles. The lowest BCUT2D eigenvalue weighted by Crippen LogP contribution is -2.39. The molecule has 1 amide bonds. The Balaban J connectivity index is 1.76. The number of aryl methyl sites for hydroxylation is 2. The normalized spacial score (nSPS) is 16.9. The summed E-state index contributed by atoms with van der Waals surface area (Å²) >= 11 is 0. The van der Waals surface area contributed by atoms with Crippen LogP contribution in [0.3, 0.4) is 0 Å². The minimum Gasteiger partial charge on any atom is -0.488 e. The van der Waals surface area contributed by atoms with E-state index in [0.717, 1.165) is 41.8 Å². The molecule has 1 fully saturated rings. The largest absolute Gasteiger partial charge is 0.488 e. The molecule has 3 rings (SSSR count). The highest BCUT2D eigenvalue weighted by Crippen LogP contribution is 2.28. The summed E-state index contributed by atoms with van der Waals surface area (Å²) in [6.45, 7) is 5.73. The molecule has 2 N–H and O–H groups in total. The first-order valence-electron chi connectivity index (χ1n) is 8.74. The summed E-state index contributed by atoms with van der Waals surface area (Å²) in [5.74, 6) is 0.898. The molecule has 0 bridgehead atoms. The van der Waals surface area contributed by atoms with E-state index in [1.807, 2.05) is 43.0 Å². The van der Waals surface area contributed by atoms with Crippen LogP contribution in [0, 0.1) is 13.8 Å². The maximum absolute atomic E-state index is 12.8. The number of ether oxygens (including phenoxy) is 1. The molecule has 5 heteroatoms. The molecular formula is C20H25N3O2. The second kappa shape index (κ2) is 7.66. The number of hydrogen-bond donors (Lipinski definition) is 1. The molecule has 25 heavy (non-hydrogen) atoms. The Bertz CT molecular complexity index is 723. The van der Waals surface area contributed by atoms with Crippen LogP contribution < -0.4 is 10.5 Å². The Morgan fingerprint density at radius 2 is 2.12 bits per heavy atom. The number of aromatic nitrogens is 1. The Labute approximate surface area is 148 Å². The molecule has 1 saturated heterocycles. The maximum atomic E-state index is 12.8. The van der Waals surface area contributed by atoms with Gasteiger partial charge in [0.25, 0.3) is 5.91 Å². The van der Waals surface area contributed by atoms with E-state index in [4.69, 9.17) is 10.5 Å². The van der Waals surface area contributed by atoms with Gasteiger partial charge in [0.2, 0.25) is 0 Å². The zero-order valence-electron chi connectivity index (χ0n) is 14.9. The summed E-state index contributed by atoms with van der Waals surface area (Å²) in [7, 11) is 0. The minimum absolute atomic E-state index is 0.0676. The number of hydrogen-bond acceptors (Lipinski definition) is 4. The van der Waals surface area contributed by atoms with E-state index in [0.29, 0.717) is 18.7 Å². The topological polar surface area (TPSA) is 68.5 Å². The van der Waals surface area contributed by atoms with Crippen molar-refractivity contribution in [3.05, 3.63) is 58.9 Å². The van der Waals surface area contributed by atoms with Gasteiger partial charge in [-0.1, -0.05) is 6.07 Å². The molecule has 0 unspecified atom stereocenters. The first kappa shape index (κ1) is 17.4. The number of nitrogens with two attached hydrogens (primary N) is 1. The highest BCUT2D eigenvalue weighted by Gasteiger charge is 2.28. The SMILES string of the molecule is Cc1cc(C(=O)N2CCC[C@H]2CN)cc(C)c1OCc1cccnc1. The Kier molecular flexibility index (Phi) is 5.34. The molecule has 2 aromatic rings. The number of benzene rings is 1. The van der Waals surface area contributed by atoms with Crippen LogP contribution in [0.4, 0.5) is 0 Å². The van der Waals surface area contributed by atoms with Gasteiger partial charge in [0, 0.05) is 42.7 Å². The molecule has 0 spiro atoms. The molecule has 0 radical (unpaired) electrons. The van der Waals surface area contributed by atoms with Gasteiger partial charge in [0.1, 0.15) is 12.4 Å². The average Bonchev–Trinajstić information content (AvgIpc) is 3.09. The van der Waals surface area contributed by atoms with Crippen LogP contribution in [0.5, 0.6) is 5.75 Å². The van der Waals surface area contributed by atoms with Crippen molar-refractivity contribution in [2.75, 3.05) is 13.1 Å². The lowest BCUT2D eigenvalue weighted by Gasteiger charge is -2.24. The number of amides is 1. The number of carbonyl (C=O) groups excluding carboxylic acids is 1. The van der Waals surface area contributed by atoms with Gasteiger partial charge >= 0.3 is 0 Å². The summed E-state index contributed by atoms with van der Waals surface area (Å²) < 4.78 is 5.97. The van der Waals surface area contributed by atoms with Crippen molar-refractivity contribution in [2.24, 2.45) is 5.73 Å². The molecule has 1 atom stereocenters. The zero-order chi connectivity index (χ0) is 17.8. The van der Waals surface area contributed by atoms with Crippen LogP contribution in [-0.2, 0) is 6.61 Å². The summed E-state index contributed by atoms with van der Waals surface area (Å²) in [6.07, 6.45) is 5.56. The predicted molar refractivity (Wildman–Crippen MR) is 97.6 cm³/mol. The maximum Gasteiger partial charge on any atom is 0.254 e. The van der Waals surface area contributed by atoms with E-state index in [1.54, 1.807) is 12.4 Å². The number of likely N-dealkylation sites (tertiary alicyclic amines) is 1. The van der Waals surface area contributed by atoms with Crippen molar-refractivity contribution in [3.63, 3.8) is 0 Å². The third-order valence-electron chi connectivity index (χ3n) is 4.72. The van der Waals surface area contributed by atoms with Crippen LogP contribution in [0.25, 0.3) is 0 Å². The summed E-state index contributed by atoms with van der Waals surface area (Å²) in [4.78, 5) is 18.8. The van der Waals surface area contributed by atoms with Crippen LogP contribution in [0.2, 0.25) is 0 Å². The van der Waals surface area contributed by atoms with Crippen LogP contribution >= 0.6 is 0 Å². The van der Waals surface area contributed by atoms with Crippen LogP contribution in [-0.4, -0.2) is 34.9 Å². The van der Waals surface area contributed by atoms with E-state index in [9.17, 15) is 4.79 Å². The summed E-state index contributed by atoms with van der Waals surface area (Å²) in [6, 6.07) is 7.87. The minimum atomic E-state index is 0.0676. The van der Waals surface area contributed by atoms with E-state index < -0.39 is 0 Å². The molecular weight excluding hydrogens is 314 g/mol. The zero-order valence-corrected chi connectivity index (χ0v) is 14.9. The van der Waals surface area contributed by atoms with Gasteiger partial charge in [0.15, 0.2) is 0 Å². The number of carbonyl (C=O) groups is 1. The van der Waals surface area contributed by atoms with Crippen LogP contribution in [0.1, 0.15) is 39.9 Å². The average molecular weight is 339 g/mol. The molecule has 1 aromatic carbocycles. The van der Waals surface area contributed by atoms with Crippen molar-refractivity contribution in [1.29, 1.82) is 0 Å². The van der Waals surface area contributed by atoms with Gasteiger partial charge in [-0.25, -0.2) is 0 Å². The van der Waals surface area contributed by atoms with Gasteiger partial charge in [-0.2, -0.15) is 0 Å². The molecule has 1 aliphatic rings. The Hall–Kier alpha value is -2.40. The molecule has 1 aliphatic heterocycles. The Morgan fingerprint density at radius 1 is 1.36 bits per heavy atom. The fourth-order valence-electron chi connectivity index (χ4n) is 3.45.